The molecule has 1 fully saturated rings. The monoisotopic (exact) mass is 343 g/mol. The number of likely N-dealkylation sites (tertiary alicyclic amines) is 1. The molecule has 134 valence electrons. The lowest BCUT2D eigenvalue weighted by molar-refractivity contribution is 0.0165. The number of ether oxygens (including phenoxy) is 1. The molecule has 6 nitrogen and oxygen atoms in total. The fraction of sp³-hybridized carbons (Fsp3) is 0.526. The molecule has 25 heavy (non-hydrogen) atoms. The maximum Gasteiger partial charge on any atom is 0.410 e. The molecular weight excluding hydrogens is 318 g/mol. The number of aromatic nitrogens is 2. The molecule has 1 aromatic heterocycles. The van der Waals surface area contributed by atoms with Crippen LogP contribution in [0, 0.1) is 12.8 Å². The molecule has 2 aromatic rings. The minimum atomic E-state index is -0.537. The Labute approximate surface area is 147 Å². The third-order valence-electron chi connectivity index (χ3n) is 4.37. The van der Waals surface area contributed by atoms with Crippen LogP contribution in [0.1, 0.15) is 44.2 Å². The number of benzene rings is 1. The minimum absolute atomic E-state index is 0.000501. The summed E-state index contributed by atoms with van der Waals surface area (Å²) in [6.07, 6.45) is 1.21. The molecule has 0 aliphatic carbocycles. The van der Waals surface area contributed by atoms with Gasteiger partial charge in [0.1, 0.15) is 11.4 Å². The van der Waals surface area contributed by atoms with E-state index in [-0.39, 0.29) is 17.9 Å². The average Bonchev–Trinajstić information content (AvgIpc) is 2.88. The van der Waals surface area contributed by atoms with Gasteiger partial charge in [0.05, 0.1) is 17.0 Å². The first-order chi connectivity index (χ1) is 11.8. The Kier molecular flexibility index (Phi) is 4.54. The number of hydrogen-bond donors (Lipinski definition) is 0. The summed E-state index contributed by atoms with van der Waals surface area (Å²) in [6.45, 7) is 8.39. The molecule has 1 aliphatic rings. The van der Waals surface area contributed by atoms with E-state index in [1.165, 1.54) is 0 Å². The van der Waals surface area contributed by atoms with Crippen LogP contribution in [0.2, 0.25) is 0 Å². The fourth-order valence-electron chi connectivity index (χ4n) is 3.28. The Morgan fingerprint density at radius 3 is 2.68 bits per heavy atom. The lowest BCUT2D eigenvalue weighted by Crippen LogP contribution is -2.45. The first-order valence-electron chi connectivity index (χ1n) is 8.72. The predicted molar refractivity (Wildman–Crippen MR) is 95.6 cm³/mol. The van der Waals surface area contributed by atoms with E-state index >= 15 is 0 Å². The van der Waals surface area contributed by atoms with Crippen molar-refractivity contribution in [3.05, 3.63) is 30.1 Å². The number of hydrogen-bond acceptors (Lipinski definition) is 4. The highest BCUT2D eigenvalue weighted by Crippen LogP contribution is 2.24. The average molecular weight is 343 g/mol. The van der Waals surface area contributed by atoms with Gasteiger partial charge in [-0.1, -0.05) is 12.1 Å². The van der Waals surface area contributed by atoms with Crippen LogP contribution in [0.5, 0.6) is 0 Å². The summed E-state index contributed by atoms with van der Waals surface area (Å²) in [7, 11) is 0. The van der Waals surface area contributed by atoms with Gasteiger partial charge in [0, 0.05) is 13.1 Å². The largest absolute Gasteiger partial charge is 0.444 e. The first-order valence-corrected chi connectivity index (χ1v) is 8.72. The molecule has 1 unspecified atom stereocenters. The maximum atomic E-state index is 13.1. The summed E-state index contributed by atoms with van der Waals surface area (Å²) < 4.78 is 7.13. The Balaban J connectivity index is 1.80. The van der Waals surface area contributed by atoms with Crippen molar-refractivity contribution in [2.24, 2.45) is 5.92 Å². The number of aryl methyl sites for hydroxylation is 1. The van der Waals surface area contributed by atoms with Crippen LogP contribution >= 0.6 is 0 Å². The third kappa shape index (κ3) is 3.67. The molecule has 0 radical (unpaired) electrons. The Morgan fingerprint density at radius 2 is 1.96 bits per heavy atom. The van der Waals surface area contributed by atoms with Crippen LogP contribution < -0.4 is 0 Å². The molecule has 0 bridgehead atoms. The second-order valence-corrected chi connectivity index (χ2v) is 7.59. The standard InChI is InChI=1S/C19H25N3O3/c1-13-20-15-9-5-6-10-16(15)22(13)17(23)14-8-7-11-21(12-14)18(24)25-19(2,3)4/h5-6,9-10,14H,7-8,11-12H2,1-4H3. The molecule has 1 aliphatic heterocycles. The van der Waals surface area contributed by atoms with E-state index in [0.717, 1.165) is 23.9 Å². The molecule has 6 heteroatoms. The summed E-state index contributed by atoms with van der Waals surface area (Å²) in [6, 6.07) is 7.62. The Morgan fingerprint density at radius 1 is 1.24 bits per heavy atom. The number of nitrogens with zero attached hydrogens (tertiary/aromatic N) is 3. The quantitative estimate of drug-likeness (QED) is 0.793. The number of carbonyl (C=O) groups excluding carboxylic acids is 2. The van der Waals surface area contributed by atoms with E-state index in [1.807, 2.05) is 52.0 Å². The second kappa shape index (κ2) is 6.50. The first kappa shape index (κ1) is 17.5. The molecule has 3 rings (SSSR count). The van der Waals surface area contributed by atoms with Crippen molar-refractivity contribution >= 4 is 23.0 Å². The van der Waals surface area contributed by atoms with Gasteiger partial charge in [0.2, 0.25) is 5.91 Å². The smallest absolute Gasteiger partial charge is 0.410 e. The van der Waals surface area contributed by atoms with Crippen molar-refractivity contribution in [3.8, 4) is 0 Å². The molecule has 1 atom stereocenters. The molecule has 1 saturated heterocycles. The van der Waals surface area contributed by atoms with E-state index in [1.54, 1.807) is 9.47 Å². The van der Waals surface area contributed by atoms with Crippen molar-refractivity contribution in [3.63, 3.8) is 0 Å². The molecule has 2 heterocycles. The highest BCUT2D eigenvalue weighted by Gasteiger charge is 2.32. The van der Waals surface area contributed by atoms with E-state index < -0.39 is 5.60 Å². The topological polar surface area (TPSA) is 64.4 Å². The number of rotatable bonds is 1. The van der Waals surface area contributed by atoms with Gasteiger partial charge in [-0.15, -0.1) is 0 Å². The number of imidazole rings is 1. The normalized spacial score (nSPS) is 18.4. The number of amides is 1. The molecule has 0 N–H and O–H groups in total. The summed E-state index contributed by atoms with van der Waals surface area (Å²) in [5.74, 6) is 0.442. The third-order valence-corrected chi connectivity index (χ3v) is 4.37. The summed E-state index contributed by atoms with van der Waals surface area (Å²) >= 11 is 0. The van der Waals surface area contributed by atoms with Crippen LogP contribution in [0.15, 0.2) is 24.3 Å². The van der Waals surface area contributed by atoms with Gasteiger partial charge in [0.25, 0.3) is 0 Å². The molecular formula is C19H25N3O3. The van der Waals surface area contributed by atoms with Crippen molar-refractivity contribution in [2.75, 3.05) is 13.1 Å². The van der Waals surface area contributed by atoms with Crippen molar-refractivity contribution in [2.45, 2.75) is 46.1 Å². The number of para-hydroxylation sites is 2. The van der Waals surface area contributed by atoms with E-state index in [9.17, 15) is 9.59 Å². The van der Waals surface area contributed by atoms with Gasteiger partial charge in [-0.25, -0.2) is 9.78 Å². The van der Waals surface area contributed by atoms with Gasteiger partial charge in [0.15, 0.2) is 0 Å². The van der Waals surface area contributed by atoms with E-state index in [2.05, 4.69) is 4.98 Å². The zero-order chi connectivity index (χ0) is 18.2. The van der Waals surface area contributed by atoms with Crippen LogP contribution in [-0.2, 0) is 4.74 Å². The summed E-state index contributed by atoms with van der Waals surface area (Å²) in [5, 5.41) is 0. The highest BCUT2D eigenvalue weighted by molar-refractivity contribution is 5.92. The van der Waals surface area contributed by atoms with Crippen LogP contribution in [0.25, 0.3) is 11.0 Å². The van der Waals surface area contributed by atoms with Gasteiger partial charge < -0.3 is 9.64 Å². The Hall–Kier alpha value is -2.37. The fourth-order valence-corrected chi connectivity index (χ4v) is 3.28. The lowest BCUT2D eigenvalue weighted by atomic mass is 9.97. The maximum absolute atomic E-state index is 13.1. The zero-order valence-corrected chi connectivity index (χ0v) is 15.3. The minimum Gasteiger partial charge on any atom is -0.444 e. The van der Waals surface area contributed by atoms with Gasteiger partial charge in [-0.2, -0.15) is 0 Å². The van der Waals surface area contributed by atoms with Gasteiger partial charge >= 0.3 is 6.09 Å². The van der Waals surface area contributed by atoms with Crippen LogP contribution in [-0.4, -0.2) is 45.1 Å². The second-order valence-electron chi connectivity index (χ2n) is 7.59. The Bertz CT molecular complexity index is 804. The highest BCUT2D eigenvalue weighted by atomic mass is 16.6. The summed E-state index contributed by atoms with van der Waals surface area (Å²) in [4.78, 5) is 31.5. The number of piperidine rings is 1. The van der Waals surface area contributed by atoms with Crippen LogP contribution in [0.4, 0.5) is 4.79 Å². The van der Waals surface area contributed by atoms with Crippen molar-refractivity contribution < 1.29 is 14.3 Å². The molecule has 0 spiro atoms. The zero-order valence-electron chi connectivity index (χ0n) is 15.3. The summed E-state index contributed by atoms with van der Waals surface area (Å²) in [5.41, 5.74) is 1.10. The molecule has 1 amide bonds. The van der Waals surface area contributed by atoms with Crippen molar-refractivity contribution in [1.29, 1.82) is 0 Å². The number of carbonyl (C=O) groups is 2. The van der Waals surface area contributed by atoms with E-state index in [0.29, 0.717) is 18.9 Å². The van der Waals surface area contributed by atoms with Crippen LogP contribution in [0.3, 0.4) is 0 Å². The molecule has 0 saturated carbocycles. The van der Waals surface area contributed by atoms with Gasteiger partial charge in [-0.3, -0.25) is 9.36 Å². The SMILES string of the molecule is Cc1nc2ccccc2n1C(=O)C1CCCN(C(=O)OC(C)(C)C)C1. The number of fused-ring (bicyclic) bond motifs is 1. The lowest BCUT2D eigenvalue weighted by Gasteiger charge is -2.33. The van der Waals surface area contributed by atoms with Gasteiger partial charge in [-0.05, 0) is 52.7 Å². The van der Waals surface area contributed by atoms with Crippen molar-refractivity contribution in [1.82, 2.24) is 14.5 Å². The van der Waals surface area contributed by atoms with E-state index in [4.69, 9.17) is 4.74 Å². The predicted octanol–water partition coefficient (Wildman–Crippen LogP) is 3.63. The molecule has 1 aromatic carbocycles.